The predicted octanol–water partition coefficient (Wildman–Crippen LogP) is 4.75. The Morgan fingerprint density at radius 2 is 1.38 bits per heavy atom. The van der Waals surface area contributed by atoms with Crippen molar-refractivity contribution in [1.82, 2.24) is 4.57 Å². The van der Waals surface area contributed by atoms with Gasteiger partial charge in [0.15, 0.2) is 0 Å². The van der Waals surface area contributed by atoms with Crippen molar-refractivity contribution in [2.45, 2.75) is 64.8 Å². The molecule has 0 bridgehead atoms. The topological polar surface area (TPSA) is 8.81 Å². The molecule has 0 aliphatic rings. The van der Waals surface area contributed by atoms with Crippen molar-refractivity contribution < 1.29 is 21.8 Å². The highest BCUT2D eigenvalue weighted by Gasteiger charge is 2.20. The van der Waals surface area contributed by atoms with Gasteiger partial charge in [-0.15, -0.1) is 0 Å². The molecule has 1 heterocycles. The van der Waals surface area contributed by atoms with Crippen molar-refractivity contribution in [3.05, 3.63) is 18.7 Å². The largest absolute Gasteiger partial charge is 0.673 e. The summed E-state index contributed by atoms with van der Waals surface area (Å²) in [5.74, 6) is 0. The van der Waals surface area contributed by atoms with Gasteiger partial charge in [-0.1, -0.05) is 45.4 Å². The molecule has 7 heteroatoms. The average Bonchev–Trinajstić information content (AvgIpc) is 2.76. The predicted molar refractivity (Wildman–Crippen MR) is 78.4 cm³/mol. The Kier molecular flexibility index (Phi) is 11.1. The lowest BCUT2D eigenvalue weighted by Gasteiger charge is -2.00. The van der Waals surface area contributed by atoms with Crippen LogP contribution in [0.1, 0.15) is 58.3 Å². The number of aryl methyl sites for hydroxylation is 2. The second-order valence-corrected chi connectivity index (χ2v) is 5.29. The van der Waals surface area contributed by atoms with E-state index in [0.717, 1.165) is 0 Å². The van der Waals surface area contributed by atoms with Crippen LogP contribution in [0.15, 0.2) is 18.7 Å². The van der Waals surface area contributed by atoms with E-state index in [9.17, 15) is 17.3 Å². The number of hydrogen-bond donors (Lipinski definition) is 0. The molecule has 0 saturated heterocycles. The van der Waals surface area contributed by atoms with Crippen molar-refractivity contribution in [1.29, 1.82) is 0 Å². The van der Waals surface area contributed by atoms with Crippen LogP contribution in [0.4, 0.5) is 17.3 Å². The number of halogens is 4. The van der Waals surface area contributed by atoms with Crippen LogP contribution in [0.25, 0.3) is 0 Å². The van der Waals surface area contributed by atoms with Gasteiger partial charge in [-0.05, 0) is 12.8 Å². The zero-order chi connectivity index (χ0) is 16.1. The molecule has 0 aromatic carbocycles. The fourth-order valence-corrected chi connectivity index (χ4v) is 2.06. The zero-order valence-corrected chi connectivity index (χ0v) is 13.1. The molecule has 0 aliphatic heterocycles. The third kappa shape index (κ3) is 16.9. The molecule has 0 amide bonds. The van der Waals surface area contributed by atoms with Crippen LogP contribution >= 0.6 is 0 Å². The summed E-state index contributed by atoms with van der Waals surface area (Å²) in [5, 5.41) is 0. The lowest BCUT2D eigenvalue weighted by Crippen LogP contribution is -2.23. The van der Waals surface area contributed by atoms with E-state index in [0.29, 0.717) is 0 Å². The average molecular weight is 310 g/mol. The van der Waals surface area contributed by atoms with Crippen LogP contribution in [0.3, 0.4) is 0 Å². The summed E-state index contributed by atoms with van der Waals surface area (Å²) >= 11 is 0. The van der Waals surface area contributed by atoms with Crippen LogP contribution in [-0.4, -0.2) is 11.8 Å². The summed E-state index contributed by atoms with van der Waals surface area (Å²) < 4.78 is 43.4. The molecule has 0 saturated carbocycles. The fourth-order valence-electron chi connectivity index (χ4n) is 2.06. The lowest BCUT2D eigenvalue weighted by molar-refractivity contribution is -0.671. The van der Waals surface area contributed by atoms with Gasteiger partial charge in [0, 0.05) is 0 Å². The van der Waals surface area contributed by atoms with Crippen LogP contribution in [0.5, 0.6) is 0 Å². The van der Waals surface area contributed by atoms with Crippen LogP contribution < -0.4 is 4.57 Å². The smallest absolute Gasteiger partial charge is 0.418 e. The van der Waals surface area contributed by atoms with Crippen molar-refractivity contribution in [3.8, 4) is 0 Å². The third-order valence-corrected chi connectivity index (χ3v) is 3.09. The summed E-state index contributed by atoms with van der Waals surface area (Å²) in [6.45, 7) is 3.45. The molecule has 2 nitrogen and oxygen atoms in total. The van der Waals surface area contributed by atoms with Crippen LogP contribution in [-0.2, 0) is 13.6 Å². The maximum Gasteiger partial charge on any atom is 0.673 e. The highest BCUT2D eigenvalue weighted by Crippen LogP contribution is 2.08. The van der Waals surface area contributed by atoms with E-state index in [1.807, 2.05) is 0 Å². The van der Waals surface area contributed by atoms with Gasteiger partial charge in [0.25, 0.3) is 0 Å². The molecule has 1 aromatic heterocycles. The number of hydrogen-bond acceptors (Lipinski definition) is 0. The van der Waals surface area contributed by atoms with Gasteiger partial charge in [0.1, 0.15) is 12.4 Å². The van der Waals surface area contributed by atoms with Gasteiger partial charge in [-0.2, -0.15) is 0 Å². The molecule has 0 fully saturated rings. The van der Waals surface area contributed by atoms with E-state index in [2.05, 4.69) is 41.8 Å². The third-order valence-electron chi connectivity index (χ3n) is 3.09. The first-order chi connectivity index (χ1) is 9.83. The molecule has 1 aromatic rings. The lowest BCUT2D eigenvalue weighted by atomic mass is 10.1. The van der Waals surface area contributed by atoms with Gasteiger partial charge >= 0.3 is 7.25 Å². The maximum absolute atomic E-state index is 9.75. The Labute approximate surface area is 125 Å². The number of aromatic nitrogens is 2. The highest BCUT2D eigenvalue weighted by molar-refractivity contribution is 6.50. The first-order valence-electron chi connectivity index (χ1n) is 7.71. The summed E-state index contributed by atoms with van der Waals surface area (Å²) in [6, 6.07) is 0. The quantitative estimate of drug-likeness (QED) is 0.269. The summed E-state index contributed by atoms with van der Waals surface area (Å²) in [6.07, 6.45) is 17.6. The normalized spacial score (nSPS) is 11.1. The van der Waals surface area contributed by atoms with Crippen molar-refractivity contribution in [3.63, 3.8) is 0 Å². The molecular weight excluding hydrogens is 283 g/mol. The van der Waals surface area contributed by atoms with E-state index >= 15 is 0 Å². The van der Waals surface area contributed by atoms with Gasteiger partial charge in [-0.25, -0.2) is 9.13 Å². The molecule has 21 heavy (non-hydrogen) atoms. The summed E-state index contributed by atoms with van der Waals surface area (Å²) in [5.41, 5.74) is 0. The molecule has 1 rings (SSSR count). The number of unbranched alkanes of at least 4 members (excludes halogenated alkanes) is 7. The molecule has 0 spiro atoms. The van der Waals surface area contributed by atoms with E-state index in [1.54, 1.807) is 0 Å². The minimum atomic E-state index is -6.00. The number of rotatable bonds is 9. The minimum absolute atomic E-state index is 1.18. The SMILES string of the molecule is CCCCCCCCCCn1cc[n+](C)c1.F[B-](F)(F)F. The second-order valence-electron chi connectivity index (χ2n) is 5.29. The maximum atomic E-state index is 9.75. The molecule has 0 atom stereocenters. The monoisotopic (exact) mass is 310 g/mol. The molecular formula is C14H27BF4N2. The molecule has 0 N–H and O–H groups in total. The first-order valence-corrected chi connectivity index (χ1v) is 7.71. The van der Waals surface area contributed by atoms with Crippen LogP contribution in [0, 0.1) is 0 Å². The molecule has 0 aliphatic carbocycles. The number of nitrogens with zero attached hydrogens (tertiary/aromatic N) is 2. The van der Waals surface area contributed by atoms with E-state index in [-0.39, 0.29) is 0 Å². The highest BCUT2D eigenvalue weighted by atomic mass is 19.5. The number of imidazole rings is 1. The molecule has 0 radical (unpaired) electrons. The molecule has 124 valence electrons. The Morgan fingerprint density at radius 3 is 1.81 bits per heavy atom. The van der Waals surface area contributed by atoms with E-state index in [1.165, 1.54) is 57.9 Å². The Balaban J connectivity index is 0.000000690. The van der Waals surface area contributed by atoms with E-state index < -0.39 is 7.25 Å². The first kappa shape index (κ1) is 20.0. The zero-order valence-electron chi connectivity index (χ0n) is 13.1. The van der Waals surface area contributed by atoms with Crippen LogP contribution in [0.2, 0.25) is 0 Å². The Bertz CT molecular complexity index is 347. The van der Waals surface area contributed by atoms with Gasteiger partial charge < -0.3 is 17.3 Å². The van der Waals surface area contributed by atoms with Gasteiger partial charge in [0.2, 0.25) is 6.33 Å². The second kappa shape index (κ2) is 11.6. The summed E-state index contributed by atoms with van der Waals surface area (Å²) in [4.78, 5) is 0. The van der Waals surface area contributed by atoms with Crippen molar-refractivity contribution >= 4 is 7.25 Å². The van der Waals surface area contributed by atoms with Gasteiger partial charge in [0.05, 0.1) is 13.6 Å². The summed E-state index contributed by atoms with van der Waals surface area (Å²) in [7, 11) is -3.93. The molecule has 0 unspecified atom stereocenters. The van der Waals surface area contributed by atoms with E-state index in [4.69, 9.17) is 0 Å². The van der Waals surface area contributed by atoms with Crippen molar-refractivity contribution in [2.24, 2.45) is 7.05 Å². The minimum Gasteiger partial charge on any atom is -0.418 e. The van der Waals surface area contributed by atoms with Crippen molar-refractivity contribution in [2.75, 3.05) is 0 Å². The fraction of sp³-hybridized carbons (Fsp3) is 0.786. The standard InChI is InChI=1S/C14H27N2.BF4/c1-3-4-5-6-7-8-9-10-11-16-13-12-15(2)14-16;2-1(3,4)5/h12-14H,3-11H2,1-2H3;/q+1;-1. The van der Waals surface area contributed by atoms with Gasteiger partial charge in [-0.3, -0.25) is 0 Å². The Hall–Kier alpha value is -1.01. The Morgan fingerprint density at radius 1 is 0.905 bits per heavy atom.